The number of nitrogens with zero attached hydrogens (tertiary/aromatic N) is 2. The van der Waals surface area contributed by atoms with Gasteiger partial charge in [-0.05, 0) is 66.6 Å². The van der Waals surface area contributed by atoms with E-state index >= 15 is 0 Å². The molecule has 43 heavy (non-hydrogen) atoms. The zero-order valence-corrected chi connectivity index (χ0v) is 23.0. The van der Waals surface area contributed by atoms with Gasteiger partial charge in [0.15, 0.2) is 0 Å². The summed E-state index contributed by atoms with van der Waals surface area (Å²) in [5.41, 5.74) is 8.82. The first-order valence-corrected chi connectivity index (χ1v) is 14.0. The molecule has 0 aliphatic heterocycles. The fourth-order valence-electron chi connectivity index (χ4n) is 6.45. The standard InChI is InChI=1S/C35H24FN5O2/c1-19-32(24-7-3-5-9-30(24)38-19)33(27-18-37-28-15-14-22(41(42)43)16-25(27)28)31-17-26-23-6-2-4-8-29(23)39-35(26)34(40-31)20-10-12-21(36)13-11-20/h2-18,33,37-39H,1H3. The molecule has 0 saturated carbocycles. The number of para-hydroxylation sites is 2. The number of H-pyrrole nitrogens is 3. The highest BCUT2D eigenvalue weighted by molar-refractivity contribution is 6.11. The number of nitro groups is 1. The fourth-order valence-corrected chi connectivity index (χ4v) is 6.45. The molecule has 1 unspecified atom stereocenters. The van der Waals surface area contributed by atoms with Crippen LogP contribution in [0.15, 0.2) is 103 Å². The lowest BCUT2D eigenvalue weighted by atomic mass is 9.85. The number of halogens is 1. The average molecular weight is 566 g/mol. The van der Waals surface area contributed by atoms with Gasteiger partial charge in [0, 0.05) is 67.7 Å². The third kappa shape index (κ3) is 3.91. The van der Waals surface area contributed by atoms with Crippen LogP contribution in [-0.2, 0) is 0 Å². The Labute approximate surface area is 244 Å². The SMILES string of the molecule is Cc1[nH]c2ccccc2c1C(c1cc2c([nH]c3ccccc32)c(-c2ccc(F)cc2)n1)c1c[nH]c2ccc([N+](=O)[O-])cc12. The van der Waals surface area contributed by atoms with E-state index in [0.717, 1.165) is 71.7 Å². The molecule has 8 heteroatoms. The number of fused-ring (bicyclic) bond motifs is 5. The molecule has 7 nitrogen and oxygen atoms in total. The molecule has 0 bridgehead atoms. The summed E-state index contributed by atoms with van der Waals surface area (Å²) in [5.74, 6) is -0.704. The number of benzene rings is 4. The molecule has 208 valence electrons. The number of nitrogens with one attached hydrogen (secondary N) is 3. The van der Waals surface area contributed by atoms with Crippen molar-refractivity contribution in [2.24, 2.45) is 0 Å². The Morgan fingerprint density at radius 1 is 0.791 bits per heavy atom. The van der Waals surface area contributed by atoms with E-state index in [1.54, 1.807) is 24.3 Å². The van der Waals surface area contributed by atoms with Gasteiger partial charge in [-0.15, -0.1) is 0 Å². The minimum Gasteiger partial charge on any atom is -0.361 e. The van der Waals surface area contributed by atoms with Crippen molar-refractivity contribution in [2.75, 3.05) is 0 Å². The van der Waals surface area contributed by atoms with Crippen molar-refractivity contribution >= 4 is 49.3 Å². The second kappa shape index (κ2) is 9.39. The minimum absolute atomic E-state index is 0.0230. The van der Waals surface area contributed by atoms with Gasteiger partial charge in [0.25, 0.3) is 5.69 Å². The first-order chi connectivity index (χ1) is 21.0. The summed E-state index contributed by atoms with van der Waals surface area (Å²) >= 11 is 0. The maximum atomic E-state index is 14.0. The van der Waals surface area contributed by atoms with Crippen LogP contribution in [0.1, 0.15) is 28.4 Å². The highest BCUT2D eigenvalue weighted by atomic mass is 19.1. The number of rotatable bonds is 5. The van der Waals surface area contributed by atoms with Crippen molar-refractivity contribution in [1.29, 1.82) is 0 Å². The molecule has 0 aliphatic rings. The predicted molar refractivity (Wildman–Crippen MR) is 168 cm³/mol. The van der Waals surface area contributed by atoms with E-state index < -0.39 is 0 Å². The van der Waals surface area contributed by atoms with Crippen LogP contribution in [0.5, 0.6) is 0 Å². The van der Waals surface area contributed by atoms with Gasteiger partial charge in [-0.1, -0.05) is 36.4 Å². The summed E-state index contributed by atoms with van der Waals surface area (Å²) in [6.07, 6.45) is 1.93. The fraction of sp³-hybridized carbons (Fsp3) is 0.0571. The normalized spacial score (nSPS) is 12.5. The Bertz CT molecular complexity index is 2360. The van der Waals surface area contributed by atoms with E-state index in [1.165, 1.54) is 18.2 Å². The van der Waals surface area contributed by atoms with Gasteiger partial charge in [-0.3, -0.25) is 10.1 Å². The summed E-state index contributed by atoms with van der Waals surface area (Å²) in [6.45, 7) is 2.05. The highest BCUT2D eigenvalue weighted by Gasteiger charge is 2.29. The van der Waals surface area contributed by atoms with Crippen molar-refractivity contribution in [2.45, 2.75) is 12.8 Å². The summed E-state index contributed by atoms with van der Waals surface area (Å²) in [4.78, 5) is 27.1. The highest BCUT2D eigenvalue weighted by Crippen LogP contribution is 2.43. The molecule has 0 spiro atoms. The molecule has 8 rings (SSSR count). The lowest BCUT2D eigenvalue weighted by Gasteiger charge is -2.19. The molecular formula is C35H24FN5O2. The molecule has 0 fully saturated rings. The predicted octanol–water partition coefficient (Wildman–Crippen LogP) is 8.88. The van der Waals surface area contributed by atoms with Gasteiger partial charge in [-0.2, -0.15) is 0 Å². The Morgan fingerprint density at radius 3 is 2.28 bits per heavy atom. The molecule has 4 heterocycles. The zero-order valence-electron chi connectivity index (χ0n) is 23.0. The number of pyridine rings is 1. The van der Waals surface area contributed by atoms with Crippen molar-refractivity contribution in [3.63, 3.8) is 0 Å². The topological polar surface area (TPSA) is 103 Å². The van der Waals surface area contributed by atoms with Crippen LogP contribution in [0.2, 0.25) is 0 Å². The van der Waals surface area contributed by atoms with Gasteiger partial charge in [-0.25, -0.2) is 9.37 Å². The number of hydrogen-bond acceptors (Lipinski definition) is 3. The molecule has 8 aromatic rings. The first-order valence-electron chi connectivity index (χ1n) is 14.0. The van der Waals surface area contributed by atoms with Crippen molar-refractivity contribution in [1.82, 2.24) is 19.9 Å². The quantitative estimate of drug-likeness (QED) is 0.143. The third-order valence-electron chi connectivity index (χ3n) is 8.38. The Morgan fingerprint density at radius 2 is 1.51 bits per heavy atom. The van der Waals surface area contributed by atoms with Crippen LogP contribution in [0.25, 0.3) is 54.9 Å². The van der Waals surface area contributed by atoms with Crippen LogP contribution in [0, 0.1) is 22.9 Å². The Kier molecular flexibility index (Phi) is 5.46. The van der Waals surface area contributed by atoms with Gasteiger partial charge in [0.05, 0.1) is 27.7 Å². The molecule has 4 aromatic carbocycles. The maximum Gasteiger partial charge on any atom is 0.270 e. The lowest BCUT2D eigenvalue weighted by molar-refractivity contribution is -0.384. The van der Waals surface area contributed by atoms with Gasteiger partial charge in [0.2, 0.25) is 0 Å². The van der Waals surface area contributed by atoms with Crippen molar-refractivity contribution in [3.05, 3.63) is 142 Å². The molecule has 0 radical (unpaired) electrons. The van der Waals surface area contributed by atoms with Gasteiger partial charge in [0.1, 0.15) is 5.82 Å². The largest absolute Gasteiger partial charge is 0.361 e. The maximum absolute atomic E-state index is 14.0. The van der Waals surface area contributed by atoms with Crippen LogP contribution in [-0.4, -0.2) is 24.9 Å². The average Bonchev–Trinajstić information content (AvgIpc) is 3.71. The van der Waals surface area contributed by atoms with Crippen LogP contribution in [0.3, 0.4) is 0 Å². The second-order valence-corrected chi connectivity index (χ2v) is 10.9. The Balaban J connectivity index is 1.50. The van der Waals surface area contributed by atoms with Gasteiger partial charge < -0.3 is 15.0 Å². The van der Waals surface area contributed by atoms with Crippen LogP contribution in [0.4, 0.5) is 10.1 Å². The minimum atomic E-state index is -0.385. The monoisotopic (exact) mass is 565 g/mol. The first kappa shape index (κ1) is 25.0. The van der Waals surface area contributed by atoms with Crippen LogP contribution >= 0.6 is 0 Å². The number of aryl methyl sites for hydroxylation is 1. The van der Waals surface area contributed by atoms with Crippen molar-refractivity contribution in [3.8, 4) is 11.3 Å². The molecule has 3 N–H and O–H groups in total. The summed E-state index contributed by atoms with van der Waals surface area (Å²) < 4.78 is 14.0. The molecular weight excluding hydrogens is 541 g/mol. The summed E-state index contributed by atoms with van der Waals surface area (Å²) in [7, 11) is 0. The molecule has 0 amide bonds. The zero-order chi connectivity index (χ0) is 29.2. The number of nitro benzene ring substituents is 1. The molecule has 4 aromatic heterocycles. The summed E-state index contributed by atoms with van der Waals surface area (Å²) in [6, 6.07) is 29.6. The van der Waals surface area contributed by atoms with E-state index in [1.807, 2.05) is 49.5 Å². The third-order valence-corrected chi connectivity index (χ3v) is 8.38. The second-order valence-electron chi connectivity index (χ2n) is 10.9. The van der Waals surface area contributed by atoms with E-state index in [4.69, 9.17) is 4.98 Å². The molecule has 0 aliphatic carbocycles. The van der Waals surface area contributed by atoms with Crippen LogP contribution < -0.4 is 0 Å². The summed E-state index contributed by atoms with van der Waals surface area (Å²) in [5, 5.41) is 15.6. The lowest BCUT2D eigenvalue weighted by Crippen LogP contribution is -2.07. The molecule has 0 saturated heterocycles. The van der Waals surface area contributed by atoms with Crippen molar-refractivity contribution < 1.29 is 9.31 Å². The number of non-ortho nitro benzene ring substituents is 1. The van der Waals surface area contributed by atoms with Gasteiger partial charge >= 0.3 is 0 Å². The van der Waals surface area contributed by atoms with E-state index in [0.29, 0.717) is 5.69 Å². The Hall–Kier alpha value is -5.76. The number of hydrogen-bond donors (Lipinski definition) is 3. The van der Waals surface area contributed by atoms with E-state index in [-0.39, 0.29) is 22.3 Å². The smallest absolute Gasteiger partial charge is 0.270 e. The number of aromatic nitrogens is 4. The van der Waals surface area contributed by atoms with E-state index in [2.05, 4.69) is 33.2 Å². The molecule has 1 atom stereocenters. The van der Waals surface area contributed by atoms with E-state index in [9.17, 15) is 14.5 Å². The number of aromatic amines is 3.